The number of halogens is 1. The van der Waals surface area contributed by atoms with Gasteiger partial charge in [-0.25, -0.2) is 14.4 Å². The van der Waals surface area contributed by atoms with Gasteiger partial charge >= 0.3 is 0 Å². The summed E-state index contributed by atoms with van der Waals surface area (Å²) in [4.78, 5) is 8.01. The Bertz CT molecular complexity index is 653. The van der Waals surface area contributed by atoms with E-state index in [2.05, 4.69) is 25.5 Å². The molecular weight excluding hydrogens is 275 g/mol. The molecule has 0 saturated carbocycles. The van der Waals surface area contributed by atoms with Crippen molar-refractivity contribution in [1.82, 2.24) is 20.2 Å². The van der Waals surface area contributed by atoms with E-state index in [4.69, 9.17) is 10.00 Å². The van der Waals surface area contributed by atoms with Gasteiger partial charge in [0, 0.05) is 25.3 Å². The maximum absolute atomic E-state index is 13.7. The summed E-state index contributed by atoms with van der Waals surface area (Å²) < 4.78 is 19.4. The highest BCUT2D eigenvalue weighted by molar-refractivity contribution is 5.40. The summed E-state index contributed by atoms with van der Waals surface area (Å²) in [5.41, 5.74) is 0.196. The lowest BCUT2D eigenvalue weighted by Crippen LogP contribution is -2.19. The van der Waals surface area contributed by atoms with E-state index < -0.39 is 5.82 Å². The number of hydrogen-bond acceptors (Lipinski definition) is 6. The molecule has 108 valence electrons. The second kappa shape index (κ2) is 5.85. The van der Waals surface area contributed by atoms with Gasteiger partial charge in [0.05, 0.1) is 5.56 Å². The van der Waals surface area contributed by atoms with Crippen molar-refractivity contribution >= 4 is 5.82 Å². The van der Waals surface area contributed by atoms with Gasteiger partial charge in [-0.2, -0.15) is 10.4 Å². The van der Waals surface area contributed by atoms with Gasteiger partial charge in [0.1, 0.15) is 18.5 Å². The van der Waals surface area contributed by atoms with Gasteiger partial charge in [-0.05, 0) is 12.5 Å². The molecule has 0 amide bonds. The molecule has 0 spiro atoms. The van der Waals surface area contributed by atoms with Crippen LogP contribution in [0.15, 0.2) is 18.6 Å². The summed E-state index contributed by atoms with van der Waals surface area (Å²) in [6.45, 7) is 1.13. The van der Waals surface area contributed by atoms with Gasteiger partial charge in [0.25, 0.3) is 0 Å². The summed E-state index contributed by atoms with van der Waals surface area (Å²) in [5.74, 6) is 0.420. The second-order valence-corrected chi connectivity index (χ2v) is 4.76. The first-order valence-electron chi connectivity index (χ1n) is 6.54. The smallest absolute Gasteiger partial charge is 0.166 e. The molecule has 3 rings (SSSR count). The molecule has 3 heterocycles. The third-order valence-electron chi connectivity index (χ3n) is 3.42. The molecule has 1 aliphatic heterocycles. The van der Waals surface area contributed by atoms with Crippen molar-refractivity contribution in [2.75, 3.05) is 18.5 Å². The standard InChI is InChI=1S/C13H13FN6O/c14-10-3-8(4-15)5-16-12(10)17-6-9-1-2-21-11(9)13-18-7-19-20-13/h3,5,7,9,11H,1-2,6H2,(H,16,17)(H,18,19,20)/t9-,11-/m0/s1. The van der Waals surface area contributed by atoms with Gasteiger partial charge in [-0.1, -0.05) is 0 Å². The minimum atomic E-state index is -0.538. The molecule has 2 atom stereocenters. The lowest BCUT2D eigenvalue weighted by Gasteiger charge is -2.17. The molecule has 8 heteroatoms. The highest BCUT2D eigenvalue weighted by Gasteiger charge is 2.31. The molecule has 0 bridgehead atoms. The summed E-state index contributed by atoms with van der Waals surface area (Å²) in [6, 6.07) is 3.01. The maximum atomic E-state index is 13.7. The lowest BCUT2D eigenvalue weighted by atomic mass is 10.0. The summed E-state index contributed by atoms with van der Waals surface area (Å²) in [5, 5.41) is 18.3. The van der Waals surface area contributed by atoms with Crippen molar-refractivity contribution in [2.24, 2.45) is 5.92 Å². The Balaban J connectivity index is 1.66. The Morgan fingerprint density at radius 3 is 3.14 bits per heavy atom. The molecule has 2 aromatic heterocycles. The van der Waals surface area contributed by atoms with Gasteiger partial charge in [-0.15, -0.1) is 0 Å². The fourth-order valence-corrected chi connectivity index (χ4v) is 2.35. The average Bonchev–Trinajstić information content (AvgIpc) is 3.16. The van der Waals surface area contributed by atoms with E-state index in [1.54, 1.807) is 0 Å². The van der Waals surface area contributed by atoms with Crippen LogP contribution in [0.4, 0.5) is 10.2 Å². The number of rotatable bonds is 4. The number of nitriles is 1. The summed E-state index contributed by atoms with van der Waals surface area (Å²) >= 11 is 0. The van der Waals surface area contributed by atoms with Gasteiger partial charge in [0.2, 0.25) is 0 Å². The number of H-pyrrole nitrogens is 1. The number of ether oxygens (including phenoxy) is 1. The summed E-state index contributed by atoms with van der Waals surface area (Å²) in [6.07, 6.45) is 3.44. The van der Waals surface area contributed by atoms with Crippen molar-refractivity contribution in [3.05, 3.63) is 35.8 Å². The first kappa shape index (κ1) is 13.5. The quantitative estimate of drug-likeness (QED) is 0.882. The van der Waals surface area contributed by atoms with Crippen molar-refractivity contribution in [3.63, 3.8) is 0 Å². The molecule has 7 nitrogen and oxygen atoms in total. The fourth-order valence-electron chi connectivity index (χ4n) is 2.35. The second-order valence-electron chi connectivity index (χ2n) is 4.76. The molecule has 1 fully saturated rings. The molecule has 21 heavy (non-hydrogen) atoms. The zero-order chi connectivity index (χ0) is 14.7. The van der Waals surface area contributed by atoms with Crippen LogP contribution in [0.25, 0.3) is 0 Å². The largest absolute Gasteiger partial charge is 0.370 e. The normalized spacial score (nSPS) is 21.1. The minimum absolute atomic E-state index is 0.136. The van der Waals surface area contributed by atoms with Crippen molar-refractivity contribution in [3.8, 4) is 6.07 Å². The van der Waals surface area contributed by atoms with Crippen LogP contribution >= 0.6 is 0 Å². The summed E-state index contributed by atoms with van der Waals surface area (Å²) in [7, 11) is 0. The molecule has 0 aliphatic carbocycles. The minimum Gasteiger partial charge on any atom is -0.370 e. The van der Waals surface area contributed by atoms with E-state index in [-0.39, 0.29) is 23.4 Å². The highest BCUT2D eigenvalue weighted by atomic mass is 19.1. The lowest BCUT2D eigenvalue weighted by molar-refractivity contribution is 0.0864. The zero-order valence-corrected chi connectivity index (χ0v) is 11.1. The van der Waals surface area contributed by atoms with Crippen LogP contribution in [0.2, 0.25) is 0 Å². The topological polar surface area (TPSA) is 99.5 Å². The van der Waals surface area contributed by atoms with Crippen molar-refractivity contribution in [2.45, 2.75) is 12.5 Å². The molecule has 0 unspecified atom stereocenters. The first-order chi connectivity index (χ1) is 10.3. The van der Waals surface area contributed by atoms with Crippen molar-refractivity contribution in [1.29, 1.82) is 5.26 Å². The Hall–Kier alpha value is -2.53. The van der Waals surface area contributed by atoms with Crippen LogP contribution in [0.1, 0.15) is 23.9 Å². The number of nitrogens with zero attached hydrogens (tertiary/aromatic N) is 4. The van der Waals surface area contributed by atoms with E-state index in [1.807, 2.05) is 6.07 Å². The molecule has 2 N–H and O–H groups in total. The Labute approximate surface area is 120 Å². The molecule has 1 aliphatic rings. The predicted molar refractivity (Wildman–Crippen MR) is 70.6 cm³/mol. The van der Waals surface area contributed by atoms with Crippen LogP contribution in [0, 0.1) is 23.1 Å². The van der Waals surface area contributed by atoms with E-state index >= 15 is 0 Å². The number of aromatic amines is 1. The zero-order valence-electron chi connectivity index (χ0n) is 11.1. The number of nitrogens with one attached hydrogen (secondary N) is 2. The fraction of sp³-hybridized carbons (Fsp3) is 0.385. The Kier molecular flexibility index (Phi) is 3.75. The first-order valence-corrected chi connectivity index (χ1v) is 6.54. The molecule has 2 aromatic rings. The van der Waals surface area contributed by atoms with Crippen LogP contribution in [0.5, 0.6) is 0 Å². The van der Waals surface area contributed by atoms with Gasteiger partial charge in [-0.3, -0.25) is 5.10 Å². The predicted octanol–water partition coefficient (Wildman–Crippen LogP) is 1.40. The number of aromatic nitrogens is 4. The van der Waals surface area contributed by atoms with Gasteiger partial charge < -0.3 is 10.1 Å². The highest BCUT2D eigenvalue weighted by Crippen LogP contribution is 2.32. The van der Waals surface area contributed by atoms with Crippen LogP contribution in [-0.2, 0) is 4.74 Å². The third-order valence-corrected chi connectivity index (χ3v) is 3.42. The van der Waals surface area contributed by atoms with Crippen LogP contribution in [-0.4, -0.2) is 33.3 Å². The van der Waals surface area contributed by atoms with E-state index in [0.29, 0.717) is 19.0 Å². The van der Waals surface area contributed by atoms with E-state index in [0.717, 1.165) is 12.5 Å². The SMILES string of the molecule is N#Cc1cnc(NC[C@@H]2CCO[C@@H]2c2ncn[nH]2)c(F)c1. The Morgan fingerprint density at radius 2 is 2.43 bits per heavy atom. The third kappa shape index (κ3) is 2.83. The molecule has 0 radical (unpaired) electrons. The molecule has 0 aromatic carbocycles. The molecule has 1 saturated heterocycles. The van der Waals surface area contributed by atoms with Gasteiger partial charge in [0.15, 0.2) is 17.5 Å². The van der Waals surface area contributed by atoms with Crippen molar-refractivity contribution < 1.29 is 9.13 Å². The number of hydrogen-bond donors (Lipinski definition) is 2. The van der Waals surface area contributed by atoms with E-state index in [9.17, 15) is 4.39 Å². The molecular formula is C13H13FN6O. The Morgan fingerprint density at radius 1 is 1.52 bits per heavy atom. The van der Waals surface area contributed by atoms with Crippen LogP contribution in [0.3, 0.4) is 0 Å². The van der Waals surface area contributed by atoms with E-state index in [1.165, 1.54) is 12.5 Å². The monoisotopic (exact) mass is 288 g/mol. The van der Waals surface area contributed by atoms with Crippen LogP contribution < -0.4 is 5.32 Å². The average molecular weight is 288 g/mol. The maximum Gasteiger partial charge on any atom is 0.166 e. The number of pyridine rings is 1. The number of anilines is 1.